The molecule has 1 heterocycles. The summed E-state index contributed by atoms with van der Waals surface area (Å²) in [5, 5.41) is 10.1. The molecule has 0 atom stereocenters. The minimum Gasteiger partial charge on any atom is -0.339 e. The number of hydrogen-bond acceptors (Lipinski definition) is 2. The van der Waals surface area contributed by atoms with Gasteiger partial charge in [-0.3, -0.25) is 9.89 Å². The zero-order valence-electron chi connectivity index (χ0n) is 17.6. The van der Waals surface area contributed by atoms with Gasteiger partial charge in [-0.1, -0.05) is 68.4 Å². The zero-order chi connectivity index (χ0) is 20.9. The van der Waals surface area contributed by atoms with Crippen LogP contribution in [0.4, 0.5) is 0 Å². The molecule has 0 aliphatic rings. The van der Waals surface area contributed by atoms with Crippen molar-refractivity contribution < 1.29 is 4.79 Å². The first-order valence-electron chi connectivity index (χ1n) is 10.6. The number of rotatable bonds is 7. The molecular formula is C26H27N3O. The Kier molecular flexibility index (Phi) is 5.94. The van der Waals surface area contributed by atoms with Crippen molar-refractivity contribution >= 4 is 16.7 Å². The van der Waals surface area contributed by atoms with Gasteiger partial charge in [-0.05, 0) is 41.8 Å². The first-order valence-corrected chi connectivity index (χ1v) is 10.6. The number of aromatic nitrogens is 2. The van der Waals surface area contributed by atoms with Gasteiger partial charge in [-0.15, -0.1) is 0 Å². The van der Waals surface area contributed by atoms with Gasteiger partial charge in [-0.25, -0.2) is 0 Å². The van der Waals surface area contributed by atoms with Crippen LogP contribution in [-0.2, 0) is 0 Å². The van der Waals surface area contributed by atoms with Gasteiger partial charge >= 0.3 is 0 Å². The number of nitrogens with zero attached hydrogens (tertiary/aromatic N) is 2. The summed E-state index contributed by atoms with van der Waals surface area (Å²) in [6.45, 7) is 5.79. The number of aromatic amines is 1. The Hall–Kier alpha value is -3.40. The number of benzene rings is 3. The van der Waals surface area contributed by atoms with Crippen molar-refractivity contribution in [3.8, 4) is 22.5 Å². The maximum atomic E-state index is 12.8. The zero-order valence-corrected chi connectivity index (χ0v) is 17.6. The number of amides is 1. The lowest BCUT2D eigenvalue weighted by Crippen LogP contribution is -2.32. The van der Waals surface area contributed by atoms with Crippen LogP contribution in [0.2, 0.25) is 0 Å². The van der Waals surface area contributed by atoms with E-state index < -0.39 is 0 Å². The van der Waals surface area contributed by atoms with Crippen molar-refractivity contribution in [1.29, 1.82) is 0 Å². The highest BCUT2D eigenvalue weighted by molar-refractivity contribution is 5.96. The lowest BCUT2D eigenvalue weighted by Gasteiger charge is -2.21. The molecule has 1 aromatic heterocycles. The fourth-order valence-electron chi connectivity index (χ4n) is 3.89. The molecule has 4 heteroatoms. The number of H-pyrrole nitrogens is 1. The van der Waals surface area contributed by atoms with E-state index >= 15 is 0 Å². The summed E-state index contributed by atoms with van der Waals surface area (Å²) in [6, 6.07) is 24.5. The summed E-state index contributed by atoms with van der Waals surface area (Å²) in [6.07, 6.45) is 1.93. The predicted molar refractivity (Wildman–Crippen MR) is 123 cm³/mol. The van der Waals surface area contributed by atoms with Gasteiger partial charge < -0.3 is 4.90 Å². The number of carbonyl (C=O) groups excluding carboxylic acids is 1. The van der Waals surface area contributed by atoms with Crippen LogP contribution in [0.1, 0.15) is 37.0 Å². The van der Waals surface area contributed by atoms with Crippen molar-refractivity contribution in [3.05, 3.63) is 78.4 Å². The van der Waals surface area contributed by atoms with Crippen LogP contribution >= 0.6 is 0 Å². The van der Waals surface area contributed by atoms with Crippen LogP contribution in [-0.4, -0.2) is 34.1 Å². The van der Waals surface area contributed by atoms with Gasteiger partial charge in [-0.2, -0.15) is 5.10 Å². The molecule has 0 bridgehead atoms. The quantitative estimate of drug-likeness (QED) is 0.406. The maximum Gasteiger partial charge on any atom is 0.253 e. The second kappa shape index (κ2) is 8.95. The largest absolute Gasteiger partial charge is 0.339 e. The van der Waals surface area contributed by atoms with Crippen LogP contribution in [0.25, 0.3) is 33.3 Å². The van der Waals surface area contributed by atoms with Crippen molar-refractivity contribution in [2.75, 3.05) is 13.1 Å². The smallest absolute Gasteiger partial charge is 0.253 e. The molecule has 4 rings (SSSR count). The lowest BCUT2D eigenvalue weighted by atomic mass is 10.0. The van der Waals surface area contributed by atoms with Gasteiger partial charge in [0.15, 0.2) is 0 Å². The van der Waals surface area contributed by atoms with Gasteiger partial charge in [0.1, 0.15) is 0 Å². The molecule has 4 aromatic rings. The molecule has 0 saturated carbocycles. The van der Waals surface area contributed by atoms with E-state index in [1.807, 2.05) is 29.2 Å². The second-order valence-corrected chi connectivity index (χ2v) is 7.56. The molecule has 4 nitrogen and oxygen atoms in total. The van der Waals surface area contributed by atoms with Gasteiger partial charge in [0.05, 0.1) is 11.4 Å². The molecule has 152 valence electrons. The third-order valence-electron chi connectivity index (χ3n) is 5.36. The van der Waals surface area contributed by atoms with Crippen molar-refractivity contribution in [1.82, 2.24) is 15.1 Å². The monoisotopic (exact) mass is 397 g/mol. The SMILES string of the molecule is CCCN(CCC)C(=O)c1ccc(-c2cc(-c3cccc4ccccc34)[nH]n2)cc1. The summed E-state index contributed by atoms with van der Waals surface area (Å²) in [5.41, 5.74) is 4.71. The van der Waals surface area contributed by atoms with Crippen LogP contribution in [0.3, 0.4) is 0 Å². The highest BCUT2D eigenvalue weighted by atomic mass is 16.2. The summed E-state index contributed by atoms with van der Waals surface area (Å²) >= 11 is 0. The number of hydrogen-bond donors (Lipinski definition) is 1. The molecule has 0 aliphatic heterocycles. The fourth-order valence-corrected chi connectivity index (χ4v) is 3.89. The molecule has 30 heavy (non-hydrogen) atoms. The lowest BCUT2D eigenvalue weighted by molar-refractivity contribution is 0.0755. The molecule has 0 unspecified atom stereocenters. The van der Waals surface area contributed by atoms with Crippen molar-refractivity contribution in [2.45, 2.75) is 26.7 Å². The molecule has 3 aromatic carbocycles. The molecule has 0 radical (unpaired) electrons. The van der Waals surface area contributed by atoms with E-state index in [4.69, 9.17) is 0 Å². The second-order valence-electron chi connectivity index (χ2n) is 7.56. The molecule has 1 N–H and O–H groups in total. The minimum atomic E-state index is 0.101. The molecule has 1 amide bonds. The average molecular weight is 398 g/mol. The summed E-state index contributed by atoms with van der Waals surface area (Å²) in [7, 11) is 0. The third-order valence-corrected chi connectivity index (χ3v) is 5.36. The van der Waals surface area contributed by atoms with E-state index in [1.165, 1.54) is 10.8 Å². The van der Waals surface area contributed by atoms with E-state index in [2.05, 4.69) is 72.6 Å². The Morgan fingerprint density at radius 2 is 1.60 bits per heavy atom. The van der Waals surface area contributed by atoms with E-state index in [0.29, 0.717) is 0 Å². The van der Waals surface area contributed by atoms with Gasteiger partial charge in [0.25, 0.3) is 5.91 Å². The predicted octanol–water partition coefficient (Wildman–Crippen LogP) is 6.16. The molecular weight excluding hydrogens is 370 g/mol. The Balaban J connectivity index is 1.59. The summed E-state index contributed by atoms with van der Waals surface area (Å²) in [5.74, 6) is 0.101. The molecule has 0 fully saturated rings. The van der Waals surface area contributed by atoms with Crippen LogP contribution in [0, 0.1) is 0 Å². The Bertz CT molecular complexity index is 1130. The number of carbonyl (C=O) groups is 1. The van der Waals surface area contributed by atoms with E-state index in [1.54, 1.807) is 0 Å². The van der Waals surface area contributed by atoms with Crippen LogP contribution in [0.15, 0.2) is 72.8 Å². The fraction of sp³-hybridized carbons (Fsp3) is 0.231. The average Bonchev–Trinajstić information content (AvgIpc) is 3.28. The normalized spacial score (nSPS) is 11.0. The Labute approximate surface area is 177 Å². The van der Waals surface area contributed by atoms with Crippen molar-refractivity contribution in [3.63, 3.8) is 0 Å². The van der Waals surface area contributed by atoms with E-state index in [-0.39, 0.29) is 5.91 Å². The number of fused-ring (bicyclic) bond motifs is 1. The summed E-state index contributed by atoms with van der Waals surface area (Å²) < 4.78 is 0. The maximum absolute atomic E-state index is 12.8. The highest BCUT2D eigenvalue weighted by Crippen LogP contribution is 2.30. The Morgan fingerprint density at radius 3 is 2.33 bits per heavy atom. The Morgan fingerprint density at radius 1 is 0.900 bits per heavy atom. The van der Waals surface area contributed by atoms with Gasteiger partial charge in [0.2, 0.25) is 0 Å². The first kappa shape index (κ1) is 19.9. The van der Waals surface area contributed by atoms with E-state index in [0.717, 1.165) is 54.0 Å². The standard InChI is InChI=1S/C26H27N3O/c1-3-16-29(17-4-2)26(30)21-14-12-20(13-15-21)24-18-25(28-27-24)23-11-7-9-19-8-5-6-10-22(19)23/h5-15,18H,3-4,16-17H2,1-2H3,(H,27,28). The van der Waals surface area contributed by atoms with Gasteiger partial charge in [0, 0.05) is 29.8 Å². The third kappa shape index (κ3) is 3.99. The minimum absolute atomic E-state index is 0.101. The molecule has 0 spiro atoms. The molecule has 0 saturated heterocycles. The van der Waals surface area contributed by atoms with Crippen LogP contribution < -0.4 is 0 Å². The highest BCUT2D eigenvalue weighted by Gasteiger charge is 2.15. The van der Waals surface area contributed by atoms with Crippen LogP contribution in [0.5, 0.6) is 0 Å². The topological polar surface area (TPSA) is 49.0 Å². The first-order chi connectivity index (χ1) is 14.7. The number of nitrogens with one attached hydrogen (secondary N) is 1. The molecule has 0 aliphatic carbocycles. The summed E-state index contributed by atoms with van der Waals surface area (Å²) in [4.78, 5) is 14.7. The van der Waals surface area contributed by atoms with Crippen molar-refractivity contribution in [2.24, 2.45) is 0 Å². The van der Waals surface area contributed by atoms with E-state index in [9.17, 15) is 4.79 Å².